The zero-order chi connectivity index (χ0) is 41.5. The highest BCUT2D eigenvalue weighted by Crippen LogP contribution is 2.42. The molecule has 8 rings (SSSR count). The molecule has 0 saturated heterocycles. The molecule has 7 nitrogen and oxygen atoms in total. The van der Waals surface area contributed by atoms with Crippen molar-refractivity contribution in [2.45, 2.75) is 85.6 Å². The first kappa shape index (κ1) is 42.1. The molecule has 1 aliphatic heterocycles. The largest absolute Gasteiger partial charge is 0.494 e. The van der Waals surface area contributed by atoms with Gasteiger partial charge >= 0.3 is 0 Å². The normalized spacial score (nSPS) is 16.7. The summed E-state index contributed by atoms with van der Waals surface area (Å²) in [5.74, 6) is 1.48. The lowest BCUT2D eigenvalue weighted by Gasteiger charge is -2.27. The first-order valence-electron chi connectivity index (χ1n) is 21.2. The molecule has 2 aliphatic rings. The van der Waals surface area contributed by atoms with Gasteiger partial charge in [-0.05, 0) is 95.0 Å². The predicted octanol–water partition coefficient (Wildman–Crippen LogP) is 7.98. The molecule has 5 aromatic carbocycles. The van der Waals surface area contributed by atoms with E-state index in [0.717, 1.165) is 64.0 Å². The first-order valence-corrected chi connectivity index (χ1v) is 22.5. The highest BCUT2D eigenvalue weighted by atomic mass is 35.7. The smallest absolute Gasteiger partial charge is 0.214 e. The Bertz CT molecular complexity index is 2590. The summed E-state index contributed by atoms with van der Waals surface area (Å²) in [5.41, 5.74) is 10.8. The van der Waals surface area contributed by atoms with Gasteiger partial charge in [-0.2, -0.15) is 4.58 Å². The van der Waals surface area contributed by atoms with Crippen molar-refractivity contribution in [3.8, 4) is 5.75 Å². The minimum absolute atomic E-state index is 0.528. The molecule has 1 atom stereocenters. The summed E-state index contributed by atoms with van der Waals surface area (Å²) < 4.78 is 45.2. The van der Waals surface area contributed by atoms with Crippen LogP contribution in [0, 0.1) is 16.2 Å². The van der Waals surface area contributed by atoms with Crippen molar-refractivity contribution in [3.63, 3.8) is 0 Å². The summed E-state index contributed by atoms with van der Waals surface area (Å²) in [6.45, 7) is 12.0. The molecule has 1 unspecified atom stereocenters. The van der Waals surface area contributed by atoms with Crippen molar-refractivity contribution in [1.29, 1.82) is 0 Å². The Morgan fingerprint density at radius 1 is 0.729 bits per heavy atom. The zero-order valence-electron chi connectivity index (χ0n) is 34.7. The molecule has 1 aromatic heterocycles. The quantitative estimate of drug-likeness (QED) is 0.0819. The van der Waals surface area contributed by atoms with Gasteiger partial charge in [-0.3, -0.25) is 0 Å². The fourth-order valence-electron chi connectivity index (χ4n) is 8.86. The number of hydrogen-bond acceptors (Lipinski definition) is 5. The third-order valence-electron chi connectivity index (χ3n) is 11.5. The number of rotatable bonds is 14. The maximum atomic E-state index is 8.49. The molecule has 0 N–H and O–H groups in total. The van der Waals surface area contributed by atoms with Gasteiger partial charge < -0.3 is 9.30 Å². The highest BCUT2D eigenvalue weighted by Gasteiger charge is 2.30. The molecule has 306 valence electrons. The third-order valence-corrected chi connectivity index (χ3v) is 11.5. The Balaban J connectivity index is 0.000000997. The lowest BCUT2D eigenvalue weighted by molar-refractivity contribution is -2.00. The van der Waals surface area contributed by atoms with Gasteiger partial charge in [0.05, 0.1) is 17.6 Å². The van der Waals surface area contributed by atoms with Crippen LogP contribution in [0.3, 0.4) is 0 Å². The van der Waals surface area contributed by atoms with Gasteiger partial charge in [0.1, 0.15) is 12.3 Å². The molecular weight excluding hydrogens is 756 g/mol. The van der Waals surface area contributed by atoms with Crippen molar-refractivity contribution in [2.24, 2.45) is 5.92 Å². The fourth-order valence-corrected chi connectivity index (χ4v) is 8.86. The van der Waals surface area contributed by atoms with E-state index in [9.17, 15) is 0 Å². The molecule has 0 fully saturated rings. The van der Waals surface area contributed by atoms with Crippen molar-refractivity contribution < 1.29 is 38.2 Å². The van der Waals surface area contributed by atoms with Crippen LogP contribution in [-0.2, 0) is 6.54 Å². The highest BCUT2D eigenvalue weighted by molar-refractivity contribution is 6.19. The van der Waals surface area contributed by atoms with Gasteiger partial charge in [0.25, 0.3) is 0 Å². The van der Waals surface area contributed by atoms with Gasteiger partial charge in [-0.15, -0.1) is 10.2 Å². The standard InChI is InChI=1S/C51H55N2O.ClHO4/c1-5-8-31-52-45(43-19-11-15-37-17-13-21-47(52)50(37)43)29-25-40-34-36(4)35-41(49(40)39-23-27-42(28-24-39)54-33-10-7-3)26-30-46-44-20-12-16-38-18-14-22-48(51(38)44)53(46)32-9-6-2;2-1(3,4)5/h11-30,36H,5-10,31-35H2,1-4H3;(H,2,3,4,5)/q+1;/p-1. The number of hydrogen-bond donors (Lipinski definition) is 0. The van der Waals surface area contributed by atoms with E-state index in [1.165, 1.54) is 89.9 Å². The zero-order valence-corrected chi connectivity index (χ0v) is 35.5. The van der Waals surface area contributed by atoms with E-state index in [1.54, 1.807) is 0 Å². The van der Waals surface area contributed by atoms with Crippen LogP contribution < -0.4 is 28.7 Å². The maximum Gasteiger partial charge on any atom is 0.214 e. The van der Waals surface area contributed by atoms with E-state index in [0.29, 0.717) is 5.92 Å². The lowest BCUT2D eigenvalue weighted by atomic mass is 9.78. The van der Waals surface area contributed by atoms with Crippen LogP contribution in [0.2, 0.25) is 0 Å². The van der Waals surface area contributed by atoms with E-state index < -0.39 is 10.2 Å². The van der Waals surface area contributed by atoms with Crippen molar-refractivity contribution in [2.75, 3.05) is 13.2 Å². The lowest BCUT2D eigenvalue weighted by Crippen LogP contribution is -2.68. The Hall–Kier alpha value is -5.02. The fraction of sp³-hybridized carbons (Fsp3) is 0.314. The summed E-state index contributed by atoms with van der Waals surface area (Å²) in [6.07, 6.45) is 18.7. The topological polar surface area (TPSA) is 109 Å². The number of benzene rings is 5. The number of ether oxygens (including phenoxy) is 1. The average molecular weight is 811 g/mol. The number of aromatic nitrogens is 1. The van der Waals surface area contributed by atoms with Crippen molar-refractivity contribution in [3.05, 3.63) is 143 Å². The summed E-state index contributed by atoms with van der Waals surface area (Å²) >= 11 is 0. The van der Waals surface area contributed by atoms with Crippen LogP contribution >= 0.6 is 0 Å². The number of halogens is 1. The van der Waals surface area contributed by atoms with E-state index in [1.807, 2.05) is 0 Å². The second kappa shape index (κ2) is 18.9. The molecule has 0 bridgehead atoms. The Morgan fingerprint density at radius 2 is 1.39 bits per heavy atom. The van der Waals surface area contributed by atoms with E-state index in [4.69, 9.17) is 23.4 Å². The molecule has 0 saturated carbocycles. The number of aryl methyl sites for hydroxylation is 1. The van der Waals surface area contributed by atoms with E-state index >= 15 is 0 Å². The second-order valence-corrected chi connectivity index (χ2v) is 16.6. The van der Waals surface area contributed by atoms with Crippen LogP contribution in [0.25, 0.3) is 44.1 Å². The second-order valence-electron chi connectivity index (χ2n) is 15.9. The Kier molecular flexibility index (Phi) is 13.5. The summed E-state index contributed by atoms with van der Waals surface area (Å²) in [4.78, 5) is 0. The van der Waals surface area contributed by atoms with Crippen molar-refractivity contribution in [1.82, 2.24) is 4.57 Å². The average Bonchev–Trinajstić information content (AvgIpc) is 3.70. The molecule has 8 heteroatoms. The van der Waals surface area contributed by atoms with Gasteiger partial charge in [-0.25, -0.2) is 18.6 Å². The SMILES string of the molecule is CCCCOc1ccc(C2=C(C=CC3=[N+](CCCC)c4cccc5cccc3c45)CC(C)CC2=CC=c2c3cccc4cccc(c43)n2CCCC)cc1.[O-][Cl+3]([O-])([O-])[O-]. The first-order chi connectivity index (χ1) is 28.6. The van der Waals surface area contributed by atoms with Crippen LogP contribution in [0.5, 0.6) is 5.75 Å². The molecule has 2 heterocycles. The van der Waals surface area contributed by atoms with Gasteiger partial charge in [0.15, 0.2) is 0 Å². The maximum absolute atomic E-state index is 8.49. The van der Waals surface area contributed by atoms with Gasteiger partial charge in [0, 0.05) is 46.7 Å². The summed E-state index contributed by atoms with van der Waals surface area (Å²) in [6, 6.07) is 36.0. The molecule has 0 amide bonds. The molecule has 0 spiro atoms. The molecule has 6 aromatic rings. The third kappa shape index (κ3) is 9.57. The molecule has 1 aliphatic carbocycles. The molecular formula is C51H55ClN2O5. The van der Waals surface area contributed by atoms with E-state index in [2.05, 4.69) is 158 Å². The number of allylic oxidation sites excluding steroid dienone is 6. The predicted molar refractivity (Wildman–Crippen MR) is 231 cm³/mol. The van der Waals surface area contributed by atoms with Crippen LogP contribution in [0.4, 0.5) is 5.69 Å². The van der Waals surface area contributed by atoms with E-state index in [-0.39, 0.29) is 0 Å². The number of unbranched alkanes of at least 4 members (excludes halogenated alkanes) is 3. The van der Waals surface area contributed by atoms with Crippen molar-refractivity contribution >= 4 is 55.5 Å². The van der Waals surface area contributed by atoms with Crippen LogP contribution in [-0.4, -0.2) is 28.0 Å². The number of nitrogens with zero attached hydrogens (tertiary/aromatic N) is 2. The summed E-state index contributed by atoms with van der Waals surface area (Å²) in [5, 5.41) is 8.06. The minimum atomic E-state index is -4.94. The van der Waals surface area contributed by atoms with Gasteiger partial charge in [-0.1, -0.05) is 126 Å². The van der Waals surface area contributed by atoms with Crippen LogP contribution in [0.15, 0.2) is 126 Å². The minimum Gasteiger partial charge on any atom is -0.494 e. The Morgan fingerprint density at radius 3 is 2.10 bits per heavy atom. The molecule has 59 heavy (non-hydrogen) atoms. The summed E-state index contributed by atoms with van der Waals surface area (Å²) in [7, 11) is -4.94. The van der Waals surface area contributed by atoms with Crippen LogP contribution in [0.1, 0.15) is 90.2 Å². The van der Waals surface area contributed by atoms with Gasteiger partial charge in [0.2, 0.25) is 11.4 Å². The Labute approximate surface area is 350 Å². The molecule has 0 radical (unpaired) electrons. The monoisotopic (exact) mass is 810 g/mol.